The minimum Gasteiger partial charge on any atom is -0.478 e. The Morgan fingerprint density at radius 2 is 2.17 bits per heavy atom. The predicted octanol–water partition coefficient (Wildman–Crippen LogP) is 4.73. The van der Waals surface area contributed by atoms with E-state index in [1.807, 2.05) is 6.07 Å². The summed E-state index contributed by atoms with van der Waals surface area (Å²) < 4.78 is 15.2. The fraction of sp³-hybridized carbons (Fsp3) is 0.409. The number of aromatic carboxylic acids is 1. The summed E-state index contributed by atoms with van der Waals surface area (Å²) in [6.07, 6.45) is 5.86. The van der Waals surface area contributed by atoms with E-state index >= 15 is 0 Å². The molecule has 3 heterocycles. The van der Waals surface area contributed by atoms with Crippen molar-refractivity contribution in [2.45, 2.75) is 25.7 Å². The second-order valence-corrected chi connectivity index (χ2v) is 8.92. The fourth-order valence-corrected chi connectivity index (χ4v) is 5.01. The first-order chi connectivity index (χ1) is 14.5. The number of piperidine rings is 1. The Morgan fingerprint density at radius 1 is 1.37 bits per heavy atom. The molecule has 8 heteroatoms. The molecule has 1 aliphatic rings. The maximum absolute atomic E-state index is 14.4. The Morgan fingerprint density at radius 3 is 2.93 bits per heavy atom. The lowest BCUT2D eigenvalue weighted by molar-refractivity contribution is 0.0699. The standard InChI is InChI=1S/C22H25FN4O2S/c1-27-10-7-14(8-11-27)4-3-9-24-22-25-13-17(23)20(26-22)19-12-16-15(21(28)29)5-2-6-18(16)30-19/h2,5-6,12-14H,3-4,7-11H2,1H3,(H,28,29)(H,24,25,26). The van der Waals surface area contributed by atoms with Crippen LogP contribution in [0.3, 0.4) is 0 Å². The van der Waals surface area contributed by atoms with Crippen LogP contribution in [0.1, 0.15) is 36.0 Å². The number of carbonyl (C=O) groups is 1. The number of hydrogen-bond donors (Lipinski definition) is 2. The molecule has 0 aliphatic carbocycles. The van der Waals surface area contributed by atoms with E-state index in [4.69, 9.17) is 0 Å². The second-order valence-electron chi connectivity index (χ2n) is 7.84. The molecular formula is C22H25FN4O2S. The highest BCUT2D eigenvalue weighted by Gasteiger charge is 2.17. The van der Waals surface area contributed by atoms with Crippen molar-refractivity contribution in [1.82, 2.24) is 14.9 Å². The van der Waals surface area contributed by atoms with Gasteiger partial charge < -0.3 is 15.3 Å². The Bertz CT molecular complexity index is 1050. The van der Waals surface area contributed by atoms with Gasteiger partial charge in [-0.05, 0) is 69.9 Å². The van der Waals surface area contributed by atoms with Crippen molar-refractivity contribution in [3.05, 3.63) is 41.8 Å². The van der Waals surface area contributed by atoms with Gasteiger partial charge in [0.05, 0.1) is 16.6 Å². The van der Waals surface area contributed by atoms with E-state index in [0.717, 1.165) is 23.6 Å². The number of aromatic nitrogens is 2. The third-order valence-electron chi connectivity index (χ3n) is 5.68. The van der Waals surface area contributed by atoms with E-state index in [0.29, 0.717) is 16.2 Å². The Balaban J connectivity index is 1.44. The number of carboxylic acid groups (broad SMARTS) is 1. The summed E-state index contributed by atoms with van der Waals surface area (Å²) >= 11 is 1.33. The summed E-state index contributed by atoms with van der Waals surface area (Å²) in [7, 11) is 2.17. The van der Waals surface area contributed by atoms with Gasteiger partial charge in [-0.25, -0.2) is 19.2 Å². The molecule has 1 aliphatic heterocycles. The number of nitrogens with one attached hydrogen (secondary N) is 1. The number of nitrogens with zero attached hydrogens (tertiary/aromatic N) is 3. The van der Waals surface area contributed by atoms with Crippen molar-refractivity contribution in [2.24, 2.45) is 5.92 Å². The first-order valence-corrected chi connectivity index (χ1v) is 11.0. The van der Waals surface area contributed by atoms with Gasteiger partial charge in [-0.15, -0.1) is 11.3 Å². The molecule has 4 rings (SSSR count). The molecule has 3 aromatic rings. The lowest BCUT2D eigenvalue weighted by Gasteiger charge is -2.28. The molecule has 0 radical (unpaired) electrons. The first-order valence-electron chi connectivity index (χ1n) is 10.2. The second kappa shape index (κ2) is 9.06. The van der Waals surface area contributed by atoms with E-state index in [-0.39, 0.29) is 11.3 Å². The number of anilines is 1. The summed E-state index contributed by atoms with van der Waals surface area (Å²) in [5.74, 6) is -0.351. The molecule has 1 saturated heterocycles. The van der Waals surface area contributed by atoms with Crippen LogP contribution in [0.25, 0.3) is 20.7 Å². The first kappa shape index (κ1) is 20.7. The molecule has 0 unspecified atom stereocenters. The van der Waals surface area contributed by atoms with E-state index in [1.165, 1.54) is 49.9 Å². The average Bonchev–Trinajstić information content (AvgIpc) is 3.17. The molecule has 0 bridgehead atoms. The number of fused-ring (bicyclic) bond motifs is 1. The molecule has 0 saturated carbocycles. The summed E-state index contributed by atoms with van der Waals surface area (Å²) in [6, 6.07) is 6.77. The van der Waals surface area contributed by atoms with Gasteiger partial charge in [0.15, 0.2) is 5.82 Å². The average molecular weight is 429 g/mol. The van der Waals surface area contributed by atoms with Crippen LogP contribution in [0, 0.1) is 11.7 Å². The SMILES string of the molecule is CN1CCC(CCCNc2ncc(F)c(-c3cc4c(C(=O)O)cccc4s3)n2)CC1. The quantitative estimate of drug-likeness (QED) is 0.530. The topological polar surface area (TPSA) is 78.4 Å². The molecule has 1 fully saturated rings. The third kappa shape index (κ3) is 4.60. The normalized spacial score (nSPS) is 15.5. The summed E-state index contributed by atoms with van der Waals surface area (Å²) in [4.78, 5) is 22.8. The minimum atomic E-state index is -1.000. The number of carboxylic acids is 1. The smallest absolute Gasteiger partial charge is 0.336 e. The van der Waals surface area contributed by atoms with Gasteiger partial charge in [0, 0.05) is 16.6 Å². The van der Waals surface area contributed by atoms with Crippen LogP contribution < -0.4 is 5.32 Å². The van der Waals surface area contributed by atoms with Crippen molar-refractivity contribution in [2.75, 3.05) is 32.0 Å². The van der Waals surface area contributed by atoms with E-state index in [9.17, 15) is 14.3 Å². The lowest BCUT2D eigenvalue weighted by Crippen LogP contribution is -2.30. The zero-order valence-corrected chi connectivity index (χ0v) is 17.7. The zero-order chi connectivity index (χ0) is 21.1. The van der Waals surface area contributed by atoms with E-state index in [2.05, 4.69) is 27.2 Å². The highest BCUT2D eigenvalue weighted by Crippen LogP contribution is 2.35. The van der Waals surface area contributed by atoms with Gasteiger partial charge in [-0.3, -0.25) is 0 Å². The van der Waals surface area contributed by atoms with Crippen LogP contribution in [0.5, 0.6) is 0 Å². The molecule has 0 amide bonds. The highest BCUT2D eigenvalue weighted by atomic mass is 32.1. The van der Waals surface area contributed by atoms with Crippen LogP contribution in [0.15, 0.2) is 30.5 Å². The summed E-state index contributed by atoms with van der Waals surface area (Å²) in [6.45, 7) is 3.08. The minimum absolute atomic E-state index is 0.195. The molecule has 1 aromatic carbocycles. The summed E-state index contributed by atoms with van der Waals surface area (Å²) in [5, 5.41) is 13.2. The fourth-order valence-electron chi connectivity index (χ4n) is 3.93. The Hall–Kier alpha value is -2.58. The van der Waals surface area contributed by atoms with Crippen LogP contribution in [0.4, 0.5) is 10.3 Å². The van der Waals surface area contributed by atoms with Gasteiger partial charge in [0.1, 0.15) is 5.69 Å². The zero-order valence-electron chi connectivity index (χ0n) is 16.9. The molecule has 158 valence electrons. The number of halogens is 1. The maximum Gasteiger partial charge on any atom is 0.336 e. The molecule has 2 N–H and O–H groups in total. The van der Waals surface area contributed by atoms with Crippen LogP contribution in [0.2, 0.25) is 0 Å². The van der Waals surface area contributed by atoms with Gasteiger partial charge in [0.2, 0.25) is 5.95 Å². The number of hydrogen-bond acceptors (Lipinski definition) is 6. The molecule has 30 heavy (non-hydrogen) atoms. The van der Waals surface area contributed by atoms with E-state index in [1.54, 1.807) is 18.2 Å². The maximum atomic E-state index is 14.4. The number of benzene rings is 1. The third-order valence-corrected chi connectivity index (χ3v) is 6.79. The summed E-state index contributed by atoms with van der Waals surface area (Å²) in [5.41, 5.74) is 0.400. The molecule has 0 spiro atoms. The lowest BCUT2D eigenvalue weighted by atomic mass is 9.92. The van der Waals surface area contributed by atoms with Gasteiger partial charge in [0.25, 0.3) is 0 Å². The van der Waals surface area contributed by atoms with Crippen LogP contribution in [-0.4, -0.2) is 52.6 Å². The molecular weight excluding hydrogens is 403 g/mol. The van der Waals surface area contributed by atoms with Crippen molar-refractivity contribution in [3.8, 4) is 10.6 Å². The Kier molecular flexibility index (Phi) is 6.24. The largest absolute Gasteiger partial charge is 0.478 e. The van der Waals surface area contributed by atoms with Gasteiger partial charge >= 0.3 is 5.97 Å². The Labute approximate surface area is 178 Å². The number of likely N-dealkylation sites (tertiary alicyclic amines) is 1. The molecule has 0 atom stereocenters. The number of thiophene rings is 1. The predicted molar refractivity (Wildman–Crippen MR) is 118 cm³/mol. The van der Waals surface area contributed by atoms with Crippen LogP contribution >= 0.6 is 11.3 Å². The van der Waals surface area contributed by atoms with Gasteiger partial charge in [-0.1, -0.05) is 6.07 Å². The molecule has 6 nitrogen and oxygen atoms in total. The van der Waals surface area contributed by atoms with Gasteiger partial charge in [-0.2, -0.15) is 0 Å². The number of rotatable bonds is 7. The van der Waals surface area contributed by atoms with E-state index < -0.39 is 11.8 Å². The van der Waals surface area contributed by atoms with Crippen molar-refractivity contribution in [3.63, 3.8) is 0 Å². The monoisotopic (exact) mass is 428 g/mol. The van der Waals surface area contributed by atoms with Crippen molar-refractivity contribution >= 4 is 33.3 Å². The molecule has 2 aromatic heterocycles. The highest BCUT2D eigenvalue weighted by molar-refractivity contribution is 7.22. The van der Waals surface area contributed by atoms with Crippen molar-refractivity contribution < 1.29 is 14.3 Å². The van der Waals surface area contributed by atoms with Crippen LogP contribution in [-0.2, 0) is 0 Å². The van der Waals surface area contributed by atoms with Crippen molar-refractivity contribution in [1.29, 1.82) is 0 Å².